The third kappa shape index (κ3) is 2.75. The average Bonchev–Trinajstić information content (AvgIpc) is 3.02. The van der Waals surface area contributed by atoms with E-state index in [1.807, 2.05) is 0 Å². The summed E-state index contributed by atoms with van der Waals surface area (Å²) in [5.74, 6) is 0. The number of aromatic nitrogens is 1. The summed E-state index contributed by atoms with van der Waals surface area (Å²) < 4.78 is 0. The van der Waals surface area contributed by atoms with Crippen molar-refractivity contribution in [1.29, 1.82) is 0 Å². The van der Waals surface area contributed by atoms with Crippen molar-refractivity contribution in [2.75, 3.05) is 26.7 Å². The fourth-order valence-corrected chi connectivity index (χ4v) is 4.71. The van der Waals surface area contributed by atoms with E-state index in [-0.39, 0.29) is 6.04 Å². The van der Waals surface area contributed by atoms with Gasteiger partial charge >= 0.3 is 0 Å². The van der Waals surface area contributed by atoms with Gasteiger partial charge in [-0.2, -0.15) is 0 Å². The Kier molecular flexibility index (Phi) is 4.29. The molecule has 25 heavy (non-hydrogen) atoms. The van der Waals surface area contributed by atoms with Crippen molar-refractivity contribution in [3.8, 4) is 0 Å². The molecule has 0 unspecified atom stereocenters. The number of hydrogen-bond acceptors (Lipinski definition) is 2. The van der Waals surface area contributed by atoms with Crippen molar-refractivity contribution in [2.24, 2.45) is 0 Å². The Morgan fingerprint density at radius 1 is 1.36 bits per heavy atom. The number of nitrogens with one attached hydrogen (secondary N) is 2. The zero-order valence-electron chi connectivity index (χ0n) is 15.2. The van der Waals surface area contributed by atoms with Crippen LogP contribution in [0, 0.1) is 0 Å². The smallest absolute Gasteiger partial charge is 0.169 e. The van der Waals surface area contributed by atoms with Crippen LogP contribution in [0.1, 0.15) is 25.0 Å². The summed E-state index contributed by atoms with van der Waals surface area (Å²) in [5, 5.41) is 5.82. The number of fused-ring (bicyclic) bond motifs is 2. The lowest BCUT2D eigenvalue weighted by Crippen LogP contribution is -2.52. The highest BCUT2D eigenvalue weighted by Gasteiger charge is 2.33. The minimum Gasteiger partial charge on any atom is -0.361 e. The van der Waals surface area contributed by atoms with Gasteiger partial charge in [0.1, 0.15) is 0 Å². The summed E-state index contributed by atoms with van der Waals surface area (Å²) in [4.78, 5) is 8.09. The largest absolute Gasteiger partial charge is 0.361 e. The lowest BCUT2D eigenvalue weighted by Gasteiger charge is -2.40. The van der Waals surface area contributed by atoms with Crippen molar-refractivity contribution in [2.45, 2.75) is 32.4 Å². The van der Waals surface area contributed by atoms with Gasteiger partial charge in [0.05, 0.1) is 6.04 Å². The first-order valence-corrected chi connectivity index (χ1v) is 9.60. The van der Waals surface area contributed by atoms with E-state index in [0.717, 1.165) is 31.2 Å². The predicted octanol–water partition coefficient (Wildman–Crippen LogP) is 3.01. The molecule has 0 bridgehead atoms. The molecule has 1 aliphatic heterocycles. The van der Waals surface area contributed by atoms with Gasteiger partial charge in [-0.1, -0.05) is 18.2 Å². The van der Waals surface area contributed by atoms with Crippen LogP contribution >= 0.6 is 12.2 Å². The molecule has 1 aromatic heterocycles. The van der Waals surface area contributed by atoms with Gasteiger partial charge in [0.25, 0.3) is 0 Å². The number of likely N-dealkylation sites (N-methyl/N-ethyl adjacent to an activating group) is 1. The number of rotatable bonds is 3. The number of thiocarbonyl (C=S) groups is 1. The van der Waals surface area contributed by atoms with E-state index in [4.69, 9.17) is 12.2 Å². The maximum Gasteiger partial charge on any atom is 0.169 e. The average molecular weight is 355 g/mol. The first-order valence-electron chi connectivity index (χ1n) is 9.19. The second kappa shape index (κ2) is 6.46. The minimum atomic E-state index is 0.250. The molecular formula is C20H26N4S. The second-order valence-corrected chi connectivity index (χ2v) is 7.44. The van der Waals surface area contributed by atoms with Crippen LogP contribution in [0.4, 0.5) is 0 Å². The summed E-state index contributed by atoms with van der Waals surface area (Å²) in [5.41, 5.74) is 5.48. The summed E-state index contributed by atoms with van der Waals surface area (Å²) in [6, 6.07) is 7.28. The minimum absolute atomic E-state index is 0.250. The molecule has 0 spiro atoms. The fraction of sp³-hybridized carbons (Fsp3) is 0.450. The lowest BCUT2D eigenvalue weighted by molar-refractivity contribution is 0.260. The Morgan fingerprint density at radius 3 is 2.92 bits per heavy atom. The molecule has 2 atom stereocenters. The van der Waals surface area contributed by atoms with Crippen molar-refractivity contribution in [3.05, 3.63) is 41.6 Å². The van der Waals surface area contributed by atoms with E-state index in [2.05, 4.69) is 71.5 Å². The molecule has 2 N–H and O–H groups in total. The van der Waals surface area contributed by atoms with Gasteiger partial charge in [-0.05, 0) is 62.3 Å². The van der Waals surface area contributed by atoms with Crippen LogP contribution in [0.2, 0.25) is 0 Å². The zero-order chi connectivity index (χ0) is 17.6. The van der Waals surface area contributed by atoms with E-state index in [1.165, 1.54) is 27.6 Å². The standard InChI is InChI=1S/C20H26N4S/c1-4-24(5-2)20(25)22-14-10-16-15-7-6-8-17-19(15)13(11-21-17)9-18(16)23(3)12-14/h6-8,10-11,14,18,21H,4-5,9,12H2,1-3H3,(H,22,25)/t14-,18-/m1/s1. The van der Waals surface area contributed by atoms with Gasteiger partial charge in [0.15, 0.2) is 5.11 Å². The van der Waals surface area contributed by atoms with Crippen LogP contribution in [-0.4, -0.2) is 58.7 Å². The molecule has 4 nitrogen and oxygen atoms in total. The second-order valence-electron chi connectivity index (χ2n) is 7.05. The molecule has 4 rings (SSSR count). The van der Waals surface area contributed by atoms with Crippen LogP contribution in [-0.2, 0) is 6.42 Å². The maximum absolute atomic E-state index is 5.62. The molecule has 2 heterocycles. The first-order chi connectivity index (χ1) is 12.1. The van der Waals surface area contributed by atoms with Crippen molar-refractivity contribution in [1.82, 2.24) is 20.1 Å². The summed E-state index contributed by atoms with van der Waals surface area (Å²) in [7, 11) is 2.23. The van der Waals surface area contributed by atoms with E-state index in [0.29, 0.717) is 6.04 Å². The number of aromatic amines is 1. The fourth-order valence-electron chi connectivity index (χ4n) is 4.30. The lowest BCUT2D eigenvalue weighted by atomic mass is 9.81. The van der Waals surface area contributed by atoms with Gasteiger partial charge in [0, 0.05) is 42.8 Å². The van der Waals surface area contributed by atoms with Crippen LogP contribution in [0.25, 0.3) is 16.5 Å². The van der Waals surface area contributed by atoms with Crippen LogP contribution < -0.4 is 5.32 Å². The Hall–Kier alpha value is -1.85. The topological polar surface area (TPSA) is 34.3 Å². The molecule has 0 amide bonds. The first kappa shape index (κ1) is 16.6. The molecule has 132 valence electrons. The highest BCUT2D eigenvalue weighted by Crippen LogP contribution is 2.39. The van der Waals surface area contributed by atoms with Crippen LogP contribution in [0.15, 0.2) is 30.5 Å². The Labute approximate surface area is 154 Å². The SMILES string of the molecule is CCN(CC)C(=S)N[C@@H]1C=C2c3cccc4[nH]cc(c34)C[C@H]2N(C)C1. The monoisotopic (exact) mass is 354 g/mol. The van der Waals surface area contributed by atoms with Crippen LogP contribution in [0.3, 0.4) is 0 Å². The molecule has 0 fully saturated rings. The van der Waals surface area contributed by atoms with E-state index < -0.39 is 0 Å². The molecule has 2 aliphatic rings. The molecule has 1 aliphatic carbocycles. The molecular weight excluding hydrogens is 328 g/mol. The molecule has 5 heteroatoms. The normalized spacial score (nSPS) is 22.4. The molecule has 2 aromatic rings. The highest BCUT2D eigenvalue weighted by atomic mass is 32.1. The number of hydrogen-bond donors (Lipinski definition) is 2. The maximum atomic E-state index is 5.62. The van der Waals surface area contributed by atoms with E-state index >= 15 is 0 Å². The van der Waals surface area contributed by atoms with Gasteiger partial charge in [-0.15, -0.1) is 0 Å². The van der Waals surface area contributed by atoms with Crippen molar-refractivity contribution >= 4 is 33.8 Å². The van der Waals surface area contributed by atoms with Crippen molar-refractivity contribution in [3.63, 3.8) is 0 Å². The third-order valence-corrected chi connectivity index (χ3v) is 6.00. The van der Waals surface area contributed by atoms with E-state index in [9.17, 15) is 0 Å². The Balaban J connectivity index is 1.69. The van der Waals surface area contributed by atoms with Gasteiger partial charge < -0.3 is 15.2 Å². The number of benzene rings is 1. The third-order valence-electron chi connectivity index (χ3n) is 5.63. The van der Waals surface area contributed by atoms with Crippen molar-refractivity contribution < 1.29 is 0 Å². The molecule has 1 aromatic carbocycles. The Morgan fingerprint density at radius 2 is 2.16 bits per heavy atom. The summed E-state index contributed by atoms with van der Waals surface area (Å²) >= 11 is 5.62. The number of H-pyrrole nitrogens is 1. The zero-order valence-corrected chi connectivity index (χ0v) is 16.0. The summed E-state index contributed by atoms with van der Waals surface area (Å²) in [6.45, 7) is 7.15. The highest BCUT2D eigenvalue weighted by molar-refractivity contribution is 7.80. The predicted molar refractivity (Wildman–Crippen MR) is 109 cm³/mol. The molecule has 0 saturated carbocycles. The molecule has 0 saturated heterocycles. The quantitative estimate of drug-likeness (QED) is 0.831. The Bertz CT molecular complexity index is 833. The van der Waals surface area contributed by atoms with Gasteiger partial charge in [-0.3, -0.25) is 4.90 Å². The van der Waals surface area contributed by atoms with Gasteiger partial charge in [-0.25, -0.2) is 0 Å². The summed E-state index contributed by atoms with van der Waals surface area (Å²) in [6.07, 6.45) is 5.66. The van der Waals surface area contributed by atoms with E-state index in [1.54, 1.807) is 0 Å². The molecule has 0 radical (unpaired) electrons. The van der Waals surface area contributed by atoms with Gasteiger partial charge in [0.2, 0.25) is 0 Å². The number of nitrogens with zero attached hydrogens (tertiary/aromatic N) is 2. The van der Waals surface area contributed by atoms with Crippen LogP contribution in [0.5, 0.6) is 0 Å².